The van der Waals surface area contributed by atoms with Crippen molar-refractivity contribution in [2.45, 2.75) is 87.9 Å². The van der Waals surface area contributed by atoms with Gasteiger partial charge in [0.05, 0.1) is 38.5 Å². The highest BCUT2D eigenvalue weighted by molar-refractivity contribution is 7.93. The highest BCUT2D eigenvalue weighted by Gasteiger charge is 2.68. The monoisotopic (exact) mass is 604 g/mol. The van der Waals surface area contributed by atoms with Gasteiger partial charge in [0.1, 0.15) is 12.2 Å². The number of benzene rings is 2. The number of fused-ring (bicyclic) bond motifs is 1. The summed E-state index contributed by atoms with van der Waals surface area (Å²) < 4.78 is 42.4. The quantitative estimate of drug-likeness (QED) is 0.295. The van der Waals surface area contributed by atoms with Crippen LogP contribution in [-0.2, 0) is 36.8 Å². The van der Waals surface area contributed by atoms with Crippen LogP contribution in [0.5, 0.6) is 0 Å². The van der Waals surface area contributed by atoms with E-state index in [-0.39, 0.29) is 18.1 Å². The van der Waals surface area contributed by atoms with Gasteiger partial charge in [0.2, 0.25) is 0 Å². The molecule has 2 bridgehead atoms. The summed E-state index contributed by atoms with van der Waals surface area (Å²) in [6.07, 6.45) is 7.62. The van der Waals surface area contributed by atoms with Gasteiger partial charge in [-0.15, -0.1) is 0 Å². The molecule has 1 unspecified atom stereocenters. The molecule has 1 amide bonds. The largest absolute Gasteiger partial charge is 0.482 e. The maximum atomic E-state index is 13.4. The first-order valence-electron chi connectivity index (χ1n) is 15.4. The van der Waals surface area contributed by atoms with E-state index in [0.717, 1.165) is 47.8 Å². The molecule has 4 saturated carbocycles. The van der Waals surface area contributed by atoms with E-state index < -0.39 is 34.5 Å². The van der Waals surface area contributed by atoms with Crippen LogP contribution < -0.4 is 5.32 Å². The SMILES string of the molecule is CN=S(C)(=O)c1ccc(C2CC2)cc1COC(=O)N[C@@H](Cc1coc2ccccc12)B1O[C@@H]2C[C@@H]3C[C@@H](C3(C)C)[C@]2(C)O1. The minimum Gasteiger partial charge on any atom is -0.464 e. The Morgan fingerprint density at radius 1 is 1.16 bits per heavy atom. The van der Waals surface area contributed by atoms with Gasteiger partial charge in [0.25, 0.3) is 0 Å². The minimum absolute atomic E-state index is 0.00585. The van der Waals surface area contributed by atoms with E-state index in [1.807, 2.05) is 42.5 Å². The van der Waals surface area contributed by atoms with Crippen LogP contribution in [0, 0.1) is 17.3 Å². The Kier molecular flexibility index (Phi) is 6.98. The number of nitrogens with one attached hydrogen (secondary N) is 1. The fourth-order valence-electron chi connectivity index (χ4n) is 7.90. The molecular weight excluding hydrogens is 563 g/mol. The van der Waals surface area contributed by atoms with E-state index in [2.05, 4.69) is 30.5 Å². The molecule has 8 rings (SSSR count). The number of nitrogens with zero attached hydrogens (tertiary/aromatic N) is 1. The standard InChI is InChI=1S/C33H41BN2O6S/c1-32(2)24-16-28(32)33(3)29(17-24)41-34(42-33)30(15-22-18-39-26-9-7-6-8-25(22)26)36-31(37)40-19-23-14-21(20-10-11-20)12-13-27(23)43(5,38)35-4/h6-9,12-14,18,20,24,28-30H,10-11,15-17,19H2,1-5H3,(H,36,37)/t24-,28-,29+,30-,33-,43?/m0/s1. The summed E-state index contributed by atoms with van der Waals surface area (Å²) in [6, 6.07) is 13.8. The first kappa shape index (κ1) is 28.9. The van der Waals surface area contributed by atoms with Gasteiger partial charge in [-0.05, 0) is 85.5 Å². The van der Waals surface area contributed by atoms with Crippen molar-refractivity contribution in [3.05, 3.63) is 65.4 Å². The van der Waals surface area contributed by atoms with Crippen LogP contribution in [0.1, 0.15) is 69.1 Å². The lowest BCUT2D eigenvalue weighted by atomic mass is 9.43. The molecule has 4 aliphatic carbocycles. The third-order valence-electron chi connectivity index (χ3n) is 10.9. The number of amides is 1. The molecule has 8 nitrogen and oxygen atoms in total. The second kappa shape index (κ2) is 10.4. The second-order valence-electron chi connectivity index (χ2n) is 13.8. The third-order valence-corrected chi connectivity index (χ3v) is 12.8. The van der Waals surface area contributed by atoms with Crippen LogP contribution >= 0.6 is 0 Å². The topological polar surface area (TPSA) is 99.4 Å². The van der Waals surface area contributed by atoms with E-state index in [1.165, 1.54) is 5.56 Å². The third kappa shape index (κ3) is 4.99. The maximum Gasteiger partial charge on any atom is 0.482 e. The summed E-state index contributed by atoms with van der Waals surface area (Å²) in [4.78, 5) is 14.1. The van der Waals surface area contributed by atoms with Gasteiger partial charge in [-0.3, -0.25) is 0 Å². The number of ether oxygens (including phenoxy) is 1. The Morgan fingerprint density at radius 2 is 1.95 bits per heavy atom. The number of alkyl carbamates (subject to hydrolysis) is 1. The van der Waals surface area contributed by atoms with Crippen LogP contribution in [0.25, 0.3) is 11.0 Å². The summed E-state index contributed by atoms with van der Waals surface area (Å²) >= 11 is 0. The molecule has 5 fully saturated rings. The predicted octanol–water partition coefficient (Wildman–Crippen LogP) is 6.50. The average Bonchev–Trinajstić information content (AvgIpc) is 3.67. The lowest BCUT2D eigenvalue weighted by molar-refractivity contribution is -0.199. The first-order valence-corrected chi connectivity index (χ1v) is 17.4. The summed E-state index contributed by atoms with van der Waals surface area (Å²) in [7, 11) is -1.68. The molecule has 228 valence electrons. The van der Waals surface area contributed by atoms with E-state index in [0.29, 0.717) is 29.1 Å². The van der Waals surface area contributed by atoms with Crippen molar-refractivity contribution in [2.75, 3.05) is 13.3 Å². The first-order chi connectivity index (χ1) is 20.5. The molecule has 43 heavy (non-hydrogen) atoms. The lowest BCUT2D eigenvalue weighted by Crippen LogP contribution is -2.65. The molecule has 5 aliphatic rings. The molecule has 1 aromatic heterocycles. The molecule has 0 radical (unpaired) electrons. The number of para-hydroxylation sites is 1. The number of rotatable bonds is 8. The number of carbonyl (C=O) groups is 1. The molecule has 2 aromatic carbocycles. The Hall–Kier alpha value is -2.82. The van der Waals surface area contributed by atoms with E-state index in [9.17, 15) is 9.00 Å². The fraction of sp³-hybridized carbons (Fsp3) is 0.545. The zero-order valence-electron chi connectivity index (χ0n) is 25.6. The van der Waals surface area contributed by atoms with Gasteiger partial charge >= 0.3 is 13.2 Å². The van der Waals surface area contributed by atoms with E-state index >= 15 is 0 Å². The van der Waals surface area contributed by atoms with Crippen LogP contribution in [0.3, 0.4) is 0 Å². The van der Waals surface area contributed by atoms with Crippen molar-refractivity contribution in [1.29, 1.82) is 0 Å². The van der Waals surface area contributed by atoms with Gasteiger partial charge in [0.15, 0.2) is 0 Å². The fourth-order valence-corrected chi connectivity index (χ4v) is 9.02. The van der Waals surface area contributed by atoms with Crippen molar-refractivity contribution < 1.29 is 27.5 Å². The van der Waals surface area contributed by atoms with Crippen molar-refractivity contribution in [3.63, 3.8) is 0 Å². The summed E-state index contributed by atoms with van der Waals surface area (Å²) in [6.45, 7) is 6.84. The zero-order valence-corrected chi connectivity index (χ0v) is 26.4. The Bertz CT molecular complexity index is 1690. The normalized spacial score (nSPS) is 29.3. The molecular formula is C33H41BN2O6S. The smallest absolute Gasteiger partial charge is 0.464 e. The van der Waals surface area contributed by atoms with Crippen molar-refractivity contribution in [1.82, 2.24) is 5.32 Å². The van der Waals surface area contributed by atoms with Crippen molar-refractivity contribution in [3.8, 4) is 0 Å². The molecule has 2 heterocycles. The van der Waals surface area contributed by atoms with Gasteiger partial charge < -0.3 is 23.8 Å². The predicted molar refractivity (Wildman–Crippen MR) is 166 cm³/mol. The van der Waals surface area contributed by atoms with Gasteiger partial charge in [0, 0.05) is 24.3 Å². The Labute approximate surface area is 254 Å². The van der Waals surface area contributed by atoms with Crippen molar-refractivity contribution >= 4 is 33.9 Å². The Morgan fingerprint density at radius 3 is 2.70 bits per heavy atom. The van der Waals surface area contributed by atoms with Crippen LogP contribution in [0.15, 0.2) is 62.4 Å². The van der Waals surface area contributed by atoms with Crippen LogP contribution in [0.4, 0.5) is 4.79 Å². The summed E-state index contributed by atoms with van der Waals surface area (Å²) in [5.74, 6) is 1.03. The van der Waals surface area contributed by atoms with Gasteiger partial charge in [-0.1, -0.05) is 44.2 Å². The number of hydrogen-bond acceptors (Lipinski definition) is 7. The van der Waals surface area contributed by atoms with Gasteiger partial charge in [-0.25, -0.2) is 13.4 Å². The summed E-state index contributed by atoms with van der Waals surface area (Å²) in [5, 5.41) is 4.08. The maximum absolute atomic E-state index is 13.4. The van der Waals surface area contributed by atoms with E-state index in [4.69, 9.17) is 18.5 Å². The van der Waals surface area contributed by atoms with Crippen molar-refractivity contribution in [2.24, 2.45) is 21.6 Å². The van der Waals surface area contributed by atoms with E-state index in [1.54, 1.807) is 19.6 Å². The Balaban J connectivity index is 1.13. The van der Waals surface area contributed by atoms with Gasteiger partial charge in [-0.2, -0.15) is 0 Å². The minimum atomic E-state index is -2.61. The van der Waals surface area contributed by atoms with Crippen LogP contribution in [0.2, 0.25) is 0 Å². The second-order valence-corrected chi connectivity index (χ2v) is 16.2. The summed E-state index contributed by atoms with van der Waals surface area (Å²) in [5.41, 5.74) is 3.47. The highest BCUT2D eigenvalue weighted by atomic mass is 32.2. The molecule has 1 aliphatic heterocycles. The number of carbonyl (C=O) groups excluding carboxylic acids is 1. The molecule has 3 aromatic rings. The molecule has 6 atom stereocenters. The lowest BCUT2D eigenvalue weighted by Gasteiger charge is -2.64. The molecule has 10 heteroatoms. The molecule has 0 spiro atoms. The molecule has 1 N–H and O–H groups in total. The zero-order chi connectivity index (χ0) is 30.1. The number of furan rings is 1. The number of hydrogen-bond donors (Lipinski definition) is 1. The molecule has 1 saturated heterocycles. The highest BCUT2D eigenvalue weighted by Crippen LogP contribution is 2.65. The van der Waals surface area contributed by atoms with Crippen LogP contribution in [-0.4, -0.2) is 48.4 Å². The average molecular weight is 605 g/mol.